The zero-order valence-corrected chi connectivity index (χ0v) is 16.0. The van der Waals surface area contributed by atoms with Gasteiger partial charge in [0, 0.05) is 11.8 Å². The molecule has 2 N–H and O–H groups in total. The number of sulfonamides is 1. The van der Waals surface area contributed by atoms with Gasteiger partial charge < -0.3 is 14.4 Å². The van der Waals surface area contributed by atoms with Crippen LogP contribution in [0.1, 0.15) is 16.9 Å². The minimum atomic E-state index is -3.82. The van der Waals surface area contributed by atoms with E-state index in [2.05, 4.69) is 15.2 Å². The summed E-state index contributed by atoms with van der Waals surface area (Å²) in [6, 6.07) is 11.6. The highest BCUT2D eigenvalue weighted by molar-refractivity contribution is 7.98. The predicted molar refractivity (Wildman–Crippen MR) is 102 cm³/mol. The molecule has 1 heterocycles. The largest absolute Gasteiger partial charge is 0.588 e. The summed E-state index contributed by atoms with van der Waals surface area (Å²) in [4.78, 5) is 12.2. The molecule has 3 rings (SSSR count). The third-order valence-corrected chi connectivity index (χ3v) is 5.27. The highest BCUT2D eigenvalue weighted by Crippen LogP contribution is 2.22. The van der Waals surface area contributed by atoms with Crippen molar-refractivity contribution in [1.82, 2.24) is 5.16 Å². The molecular formula is C19H18FN3O4S. The monoisotopic (exact) mass is 403 g/mol. The molecule has 9 heteroatoms. The first-order chi connectivity index (χ1) is 13.2. The topological polar surface area (TPSA) is 107 Å². The normalized spacial score (nSPS) is 13.0. The van der Waals surface area contributed by atoms with Crippen LogP contribution in [0.5, 0.6) is 0 Å². The molecule has 0 aliphatic heterocycles. The van der Waals surface area contributed by atoms with E-state index in [9.17, 15) is 17.9 Å². The minimum absolute atomic E-state index is 0.0142. The number of nitrogens with zero attached hydrogens (tertiary/aromatic N) is 1. The van der Waals surface area contributed by atoms with Crippen LogP contribution in [0.15, 0.2) is 57.9 Å². The van der Waals surface area contributed by atoms with Crippen LogP contribution in [-0.2, 0) is 25.8 Å². The number of carbonyl (C=O) groups excluding carboxylic acids is 1. The van der Waals surface area contributed by atoms with E-state index in [0.717, 1.165) is 0 Å². The summed E-state index contributed by atoms with van der Waals surface area (Å²) in [5.41, 5.74) is 1.59. The predicted octanol–water partition coefficient (Wildman–Crippen LogP) is 3.63. The van der Waals surface area contributed by atoms with Gasteiger partial charge in [-0.2, -0.15) is 4.72 Å². The van der Waals surface area contributed by atoms with Gasteiger partial charge in [0.25, 0.3) is 0 Å². The standard InChI is InChI=1S/C19H18FN3O4S/c1-12-9-14(3-8-17(12)20)11-19(24)21-15-4-6-16(7-5-15)28(25,26)23-18-10-13(2)27-22-18/h3-10H,11H2,1-2H3,(H2-,21,22,23,24,25,26). The van der Waals surface area contributed by atoms with Gasteiger partial charge in [0.1, 0.15) is 11.6 Å². The number of amides is 1. The van der Waals surface area contributed by atoms with E-state index in [0.29, 0.717) is 22.6 Å². The second-order valence-electron chi connectivity index (χ2n) is 6.26. The quantitative estimate of drug-likeness (QED) is 0.611. The fourth-order valence-electron chi connectivity index (χ4n) is 2.54. The Morgan fingerprint density at radius 2 is 1.89 bits per heavy atom. The Morgan fingerprint density at radius 1 is 1.18 bits per heavy atom. The molecule has 2 aromatic carbocycles. The van der Waals surface area contributed by atoms with Gasteiger partial charge in [0.2, 0.25) is 11.7 Å². The number of benzene rings is 2. The molecule has 0 aliphatic rings. The summed E-state index contributed by atoms with van der Waals surface area (Å²) >= 11 is 0. The van der Waals surface area contributed by atoms with Crippen LogP contribution < -0.4 is 10.0 Å². The fourth-order valence-corrected chi connectivity index (χ4v) is 3.52. The Bertz CT molecular complexity index is 1050. The second kappa shape index (κ2) is 7.91. The summed E-state index contributed by atoms with van der Waals surface area (Å²) in [5, 5.41) is 6.27. The number of anilines is 2. The Labute approximate surface area is 162 Å². The summed E-state index contributed by atoms with van der Waals surface area (Å²) in [5.74, 6) is -0.0512. The SMILES string of the molecule is Cc1cc(N[S+](=O)([O-])c2ccc(NC(=O)Cc3ccc(F)c(C)c3)cc2)no1. The number of aryl methyl sites for hydroxylation is 2. The molecule has 0 spiro atoms. The molecule has 1 aromatic heterocycles. The molecule has 0 aliphatic carbocycles. The number of hydrogen-bond donors (Lipinski definition) is 2. The van der Waals surface area contributed by atoms with Crippen LogP contribution in [0.2, 0.25) is 0 Å². The molecule has 0 fully saturated rings. The van der Waals surface area contributed by atoms with E-state index in [1.807, 2.05) is 0 Å². The Balaban J connectivity index is 1.64. The lowest BCUT2D eigenvalue weighted by molar-refractivity contribution is -0.115. The molecule has 0 saturated carbocycles. The lowest BCUT2D eigenvalue weighted by atomic mass is 10.1. The van der Waals surface area contributed by atoms with Gasteiger partial charge in [-0.25, -0.2) is 4.39 Å². The van der Waals surface area contributed by atoms with Crippen molar-refractivity contribution in [2.45, 2.75) is 25.2 Å². The lowest BCUT2D eigenvalue weighted by Crippen LogP contribution is -2.21. The number of rotatable bonds is 6. The van der Waals surface area contributed by atoms with E-state index in [4.69, 9.17) is 4.52 Å². The van der Waals surface area contributed by atoms with Crippen molar-refractivity contribution in [2.24, 2.45) is 0 Å². The highest BCUT2D eigenvalue weighted by Gasteiger charge is 2.22. The Kier molecular flexibility index (Phi) is 5.57. The summed E-state index contributed by atoms with van der Waals surface area (Å²) in [6.07, 6.45) is 0.0776. The average Bonchev–Trinajstić information content (AvgIpc) is 3.02. The molecule has 1 unspecified atom stereocenters. The molecule has 28 heavy (non-hydrogen) atoms. The molecule has 3 aromatic rings. The van der Waals surface area contributed by atoms with Crippen LogP contribution in [0, 0.1) is 19.7 Å². The maximum absolute atomic E-state index is 13.3. The maximum Gasteiger partial charge on any atom is 0.228 e. The molecule has 1 amide bonds. The first kappa shape index (κ1) is 19.7. The Morgan fingerprint density at radius 3 is 2.50 bits per heavy atom. The smallest absolute Gasteiger partial charge is 0.228 e. The molecule has 1 atom stereocenters. The summed E-state index contributed by atoms with van der Waals surface area (Å²) in [7, 11) is -3.82. The van der Waals surface area contributed by atoms with Crippen LogP contribution >= 0.6 is 0 Å². The van der Waals surface area contributed by atoms with E-state index in [-0.39, 0.29) is 28.9 Å². The first-order valence-electron chi connectivity index (χ1n) is 8.34. The van der Waals surface area contributed by atoms with Crippen LogP contribution in [0.25, 0.3) is 0 Å². The van der Waals surface area contributed by atoms with Crippen molar-refractivity contribution in [3.63, 3.8) is 0 Å². The molecule has 146 valence electrons. The third kappa shape index (κ3) is 4.81. The van der Waals surface area contributed by atoms with E-state index >= 15 is 0 Å². The van der Waals surface area contributed by atoms with E-state index in [1.54, 1.807) is 26.0 Å². The summed E-state index contributed by atoms with van der Waals surface area (Å²) < 4.78 is 45.1. The van der Waals surface area contributed by atoms with Crippen molar-refractivity contribution >= 4 is 27.8 Å². The second-order valence-corrected chi connectivity index (χ2v) is 7.94. The van der Waals surface area contributed by atoms with Gasteiger partial charge in [-0.1, -0.05) is 21.5 Å². The van der Waals surface area contributed by atoms with Gasteiger partial charge >= 0.3 is 0 Å². The van der Waals surface area contributed by atoms with E-state index < -0.39 is 10.4 Å². The van der Waals surface area contributed by atoms with Crippen LogP contribution in [0.3, 0.4) is 0 Å². The highest BCUT2D eigenvalue weighted by atomic mass is 32.3. The fraction of sp³-hybridized carbons (Fsp3) is 0.158. The lowest BCUT2D eigenvalue weighted by Gasteiger charge is -2.14. The van der Waals surface area contributed by atoms with Crippen molar-refractivity contribution in [2.75, 3.05) is 10.0 Å². The molecule has 0 bridgehead atoms. The maximum atomic E-state index is 13.3. The van der Waals surface area contributed by atoms with Crippen molar-refractivity contribution in [3.8, 4) is 0 Å². The molecule has 0 radical (unpaired) electrons. The average molecular weight is 403 g/mol. The van der Waals surface area contributed by atoms with Crippen LogP contribution in [-0.4, -0.2) is 15.6 Å². The zero-order chi connectivity index (χ0) is 20.3. The van der Waals surface area contributed by atoms with Crippen LogP contribution in [0.4, 0.5) is 15.9 Å². The van der Waals surface area contributed by atoms with Gasteiger partial charge in [0.15, 0.2) is 15.3 Å². The van der Waals surface area contributed by atoms with Crippen molar-refractivity contribution in [3.05, 3.63) is 71.2 Å². The van der Waals surface area contributed by atoms with Crippen molar-refractivity contribution < 1.29 is 22.5 Å². The molecule has 0 saturated heterocycles. The number of nitrogens with one attached hydrogen (secondary N) is 2. The number of carbonyl (C=O) groups is 1. The van der Waals surface area contributed by atoms with E-state index in [1.165, 1.54) is 36.4 Å². The zero-order valence-electron chi connectivity index (χ0n) is 15.2. The third-order valence-electron chi connectivity index (χ3n) is 3.90. The van der Waals surface area contributed by atoms with Gasteiger partial charge in [-0.3, -0.25) is 4.79 Å². The number of hydrogen-bond acceptors (Lipinski definition) is 5. The van der Waals surface area contributed by atoms with Gasteiger partial charge in [-0.05, 0) is 55.3 Å². The minimum Gasteiger partial charge on any atom is -0.588 e. The molecular weight excluding hydrogens is 385 g/mol. The number of halogens is 1. The number of aromatic nitrogens is 1. The first-order valence-corrected chi connectivity index (χ1v) is 9.82. The summed E-state index contributed by atoms with van der Waals surface area (Å²) in [6.45, 7) is 3.28. The van der Waals surface area contributed by atoms with Gasteiger partial charge in [-0.15, -0.1) is 0 Å². The van der Waals surface area contributed by atoms with Crippen molar-refractivity contribution in [1.29, 1.82) is 0 Å². The Hall–Kier alpha value is -3.04. The van der Waals surface area contributed by atoms with Gasteiger partial charge in [0.05, 0.1) is 6.42 Å². The molecule has 7 nitrogen and oxygen atoms in total.